The number of carbonyl (C=O) groups is 1. The fourth-order valence-corrected chi connectivity index (χ4v) is 3.41. The lowest BCUT2D eigenvalue weighted by Crippen LogP contribution is -2.36. The predicted octanol–water partition coefficient (Wildman–Crippen LogP) is 4.28. The van der Waals surface area contributed by atoms with Crippen LogP contribution < -0.4 is 19.5 Å². The van der Waals surface area contributed by atoms with Crippen LogP contribution in [0.2, 0.25) is 10.0 Å². The van der Waals surface area contributed by atoms with Crippen molar-refractivity contribution >= 4 is 41.1 Å². The average molecular weight is 453 g/mol. The molecule has 2 N–H and O–H groups in total. The third kappa shape index (κ3) is 6.76. The minimum Gasteiger partial charge on any atom is -0.493 e. The second-order valence-electron chi connectivity index (χ2n) is 5.95. The fourth-order valence-electron chi connectivity index (χ4n) is 2.62. The molecule has 2 rings (SSSR count). The van der Waals surface area contributed by atoms with Gasteiger partial charge in [0.25, 0.3) is 0 Å². The smallest absolute Gasteiger partial charge is 0.242 e. The summed E-state index contributed by atoms with van der Waals surface area (Å²) in [6.07, 6.45) is 7.70. The molecule has 0 spiro atoms. The second-order valence-corrected chi connectivity index (χ2v) is 7.41. The van der Waals surface area contributed by atoms with Crippen LogP contribution in [0.4, 0.5) is 0 Å². The lowest BCUT2D eigenvalue weighted by atomic mass is 10.1. The topological polar surface area (TPSA) is 59.6 Å². The van der Waals surface area contributed by atoms with E-state index >= 15 is 0 Å². The van der Waals surface area contributed by atoms with Crippen LogP contribution in [-0.2, 0) is 11.2 Å². The quantitative estimate of drug-likeness (QED) is 0.416. The van der Waals surface area contributed by atoms with Crippen molar-refractivity contribution < 1.29 is 14.3 Å². The molecule has 1 unspecified atom stereocenters. The monoisotopic (exact) mass is 452 g/mol. The maximum atomic E-state index is 12.7. The van der Waals surface area contributed by atoms with Gasteiger partial charge < -0.3 is 14.8 Å². The van der Waals surface area contributed by atoms with E-state index in [1.54, 1.807) is 31.4 Å². The van der Waals surface area contributed by atoms with Gasteiger partial charge in [-0.1, -0.05) is 53.2 Å². The van der Waals surface area contributed by atoms with E-state index in [1.807, 2.05) is 18.4 Å². The van der Waals surface area contributed by atoms with Crippen molar-refractivity contribution in [1.29, 1.82) is 0 Å². The van der Waals surface area contributed by atoms with Crippen molar-refractivity contribution in [2.45, 2.75) is 12.5 Å². The van der Waals surface area contributed by atoms with Crippen molar-refractivity contribution in [3.05, 3.63) is 57.6 Å². The number of rotatable bonds is 10. The van der Waals surface area contributed by atoms with Crippen LogP contribution in [0.5, 0.6) is 11.5 Å². The van der Waals surface area contributed by atoms with Crippen LogP contribution in [0, 0.1) is 12.3 Å². The standard InChI is InChI=1S/C21H22Cl2N2O3S/c1-4-11-28-18-8-5-14(12-19(18)27-2)9-10-24-21(26)20(25-29-3)15-6-7-16(22)17(23)13-15/h1,5-8,12-13,20,25H,9-11H2,2-3H3,(H,24,26). The molecule has 29 heavy (non-hydrogen) atoms. The van der Waals surface area contributed by atoms with Crippen molar-refractivity contribution in [3.63, 3.8) is 0 Å². The predicted molar refractivity (Wildman–Crippen MR) is 120 cm³/mol. The van der Waals surface area contributed by atoms with E-state index in [1.165, 1.54) is 11.9 Å². The van der Waals surface area contributed by atoms with E-state index in [2.05, 4.69) is 16.0 Å². The summed E-state index contributed by atoms with van der Waals surface area (Å²) in [6.45, 7) is 0.630. The minimum absolute atomic E-state index is 0.154. The van der Waals surface area contributed by atoms with Gasteiger partial charge in [-0.15, -0.1) is 6.42 Å². The second kappa shape index (κ2) is 11.8. The van der Waals surface area contributed by atoms with E-state index < -0.39 is 6.04 Å². The highest BCUT2D eigenvalue weighted by molar-refractivity contribution is 7.96. The SMILES string of the molecule is C#CCOc1ccc(CCNC(=O)C(NSC)c2ccc(Cl)c(Cl)c2)cc1OC. The van der Waals surface area contributed by atoms with Crippen LogP contribution in [0.1, 0.15) is 17.2 Å². The summed E-state index contributed by atoms with van der Waals surface area (Å²) in [5.74, 6) is 3.45. The molecule has 0 radical (unpaired) electrons. The molecule has 1 atom stereocenters. The van der Waals surface area contributed by atoms with Gasteiger partial charge in [0.2, 0.25) is 5.91 Å². The molecule has 0 aliphatic rings. The zero-order valence-electron chi connectivity index (χ0n) is 16.1. The first-order chi connectivity index (χ1) is 14.0. The largest absolute Gasteiger partial charge is 0.493 e. The molecule has 154 valence electrons. The maximum Gasteiger partial charge on any atom is 0.242 e. The molecular weight excluding hydrogens is 431 g/mol. The molecule has 0 saturated carbocycles. The zero-order chi connectivity index (χ0) is 21.2. The molecular formula is C21H22Cl2N2O3S. The number of halogens is 2. The molecule has 2 aromatic rings. The average Bonchev–Trinajstić information content (AvgIpc) is 2.72. The Morgan fingerprint density at radius 3 is 2.66 bits per heavy atom. The Hall–Kier alpha value is -2.04. The van der Waals surface area contributed by atoms with Gasteiger partial charge in [0.1, 0.15) is 12.6 Å². The first-order valence-electron chi connectivity index (χ1n) is 8.74. The number of carbonyl (C=O) groups excluding carboxylic acids is 1. The summed E-state index contributed by atoms with van der Waals surface area (Å²) in [5, 5.41) is 3.80. The highest BCUT2D eigenvalue weighted by Crippen LogP contribution is 2.28. The molecule has 0 aliphatic carbocycles. The van der Waals surface area contributed by atoms with E-state index in [0.717, 1.165) is 11.1 Å². The molecule has 0 fully saturated rings. The van der Waals surface area contributed by atoms with Crippen LogP contribution >= 0.6 is 35.1 Å². The number of terminal acetylenes is 1. The molecule has 0 saturated heterocycles. The number of benzene rings is 2. The van der Waals surface area contributed by atoms with E-state index in [4.69, 9.17) is 39.1 Å². The molecule has 5 nitrogen and oxygen atoms in total. The van der Waals surface area contributed by atoms with Crippen LogP contribution in [0.3, 0.4) is 0 Å². The fraction of sp³-hybridized carbons (Fsp3) is 0.286. The van der Waals surface area contributed by atoms with Crippen LogP contribution in [0.15, 0.2) is 36.4 Å². The molecule has 8 heteroatoms. The molecule has 1 amide bonds. The van der Waals surface area contributed by atoms with Gasteiger partial charge in [0.15, 0.2) is 11.5 Å². The van der Waals surface area contributed by atoms with Crippen LogP contribution in [0.25, 0.3) is 0 Å². The molecule has 0 bridgehead atoms. The van der Waals surface area contributed by atoms with Gasteiger partial charge in [0, 0.05) is 6.54 Å². The summed E-state index contributed by atoms with van der Waals surface area (Å²) in [7, 11) is 1.57. The van der Waals surface area contributed by atoms with Crippen molar-refractivity contribution in [2.75, 3.05) is 26.5 Å². The highest BCUT2D eigenvalue weighted by Gasteiger charge is 2.20. The number of nitrogens with one attached hydrogen (secondary N) is 2. The lowest BCUT2D eigenvalue weighted by Gasteiger charge is -2.18. The maximum absolute atomic E-state index is 12.7. The molecule has 0 aromatic heterocycles. The minimum atomic E-state index is -0.547. The summed E-state index contributed by atoms with van der Waals surface area (Å²) < 4.78 is 13.9. The normalized spacial score (nSPS) is 11.4. The first kappa shape index (κ1) is 23.2. The molecule has 0 aliphatic heterocycles. The number of amides is 1. The van der Waals surface area contributed by atoms with Gasteiger partial charge in [-0.25, -0.2) is 4.72 Å². The van der Waals surface area contributed by atoms with Crippen molar-refractivity contribution in [2.24, 2.45) is 0 Å². The Morgan fingerprint density at radius 2 is 2.00 bits per heavy atom. The summed E-state index contributed by atoms with van der Waals surface area (Å²) >= 11 is 13.4. The van der Waals surface area contributed by atoms with Crippen molar-refractivity contribution in [1.82, 2.24) is 10.0 Å². The molecule has 2 aromatic carbocycles. The Morgan fingerprint density at radius 1 is 1.21 bits per heavy atom. The van der Waals surface area contributed by atoms with E-state index in [9.17, 15) is 4.79 Å². The van der Waals surface area contributed by atoms with E-state index in [-0.39, 0.29) is 12.5 Å². The number of hydrogen-bond donors (Lipinski definition) is 2. The number of ether oxygens (including phenoxy) is 2. The Balaban J connectivity index is 1.99. The third-order valence-electron chi connectivity index (χ3n) is 4.03. The highest BCUT2D eigenvalue weighted by atomic mass is 35.5. The van der Waals surface area contributed by atoms with Crippen LogP contribution in [-0.4, -0.2) is 32.4 Å². The van der Waals surface area contributed by atoms with Gasteiger partial charge in [-0.05, 0) is 48.1 Å². The zero-order valence-corrected chi connectivity index (χ0v) is 18.5. The van der Waals surface area contributed by atoms with E-state index in [0.29, 0.717) is 34.5 Å². The first-order valence-corrected chi connectivity index (χ1v) is 10.7. The lowest BCUT2D eigenvalue weighted by molar-refractivity contribution is -0.122. The summed E-state index contributed by atoms with van der Waals surface area (Å²) in [6, 6.07) is 10.2. The Kier molecular flexibility index (Phi) is 9.49. The van der Waals surface area contributed by atoms with Gasteiger partial charge in [-0.2, -0.15) is 0 Å². The Labute approximate surface area is 185 Å². The third-order valence-corrected chi connectivity index (χ3v) is 5.24. The number of hydrogen-bond acceptors (Lipinski definition) is 5. The summed E-state index contributed by atoms with van der Waals surface area (Å²) in [4.78, 5) is 12.7. The van der Waals surface area contributed by atoms with Gasteiger partial charge >= 0.3 is 0 Å². The Bertz CT molecular complexity index is 887. The summed E-state index contributed by atoms with van der Waals surface area (Å²) in [5.41, 5.74) is 1.74. The number of methoxy groups -OCH3 is 1. The molecule has 0 heterocycles. The van der Waals surface area contributed by atoms with Gasteiger partial charge in [0.05, 0.1) is 17.2 Å². The van der Waals surface area contributed by atoms with Crippen molar-refractivity contribution in [3.8, 4) is 23.8 Å². The van der Waals surface area contributed by atoms with Gasteiger partial charge in [-0.3, -0.25) is 4.79 Å².